The van der Waals surface area contributed by atoms with Gasteiger partial charge in [0.05, 0.1) is 5.51 Å². The van der Waals surface area contributed by atoms with Gasteiger partial charge in [-0.3, -0.25) is 20.2 Å². The Morgan fingerprint density at radius 1 is 1.38 bits per heavy atom. The number of H-pyrrole nitrogens is 1. The second-order valence-corrected chi connectivity index (χ2v) is 7.11. The molecule has 3 aromatic rings. The zero-order chi connectivity index (χ0) is 18.4. The maximum Gasteiger partial charge on any atom is 0.320 e. The maximum absolute atomic E-state index is 11.5. The first-order valence-electron chi connectivity index (χ1n) is 8.19. The van der Waals surface area contributed by atoms with Gasteiger partial charge in [-0.2, -0.15) is 5.10 Å². The highest BCUT2D eigenvalue weighted by Gasteiger charge is 2.17. The predicted molar refractivity (Wildman–Crippen MR) is 102 cm³/mol. The summed E-state index contributed by atoms with van der Waals surface area (Å²) in [6.45, 7) is 1.10. The Morgan fingerprint density at radius 2 is 2.19 bits per heavy atom. The summed E-state index contributed by atoms with van der Waals surface area (Å²) in [5.41, 5.74) is 2.71. The molecule has 9 heteroatoms. The number of aliphatic carboxylic acids is 1. The van der Waals surface area contributed by atoms with E-state index in [1.807, 2.05) is 34.9 Å². The molecule has 0 aliphatic carbocycles. The number of aromatic amines is 1. The van der Waals surface area contributed by atoms with Crippen LogP contribution in [-0.2, 0) is 17.9 Å². The first-order chi connectivity index (χ1) is 12.6. The molecular formula is C17H19N5O2S2. The Balaban J connectivity index is 1.60. The van der Waals surface area contributed by atoms with Gasteiger partial charge in [-0.15, -0.1) is 11.3 Å². The Hall–Kier alpha value is -2.36. The molecule has 0 unspecified atom stereocenters. The van der Waals surface area contributed by atoms with Crippen LogP contribution in [0.1, 0.15) is 17.7 Å². The topological polar surface area (TPSA) is 95.8 Å². The molecule has 0 aliphatic heterocycles. The third-order valence-electron chi connectivity index (χ3n) is 3.97. The number of carbonyl (C=O) groups is 1. The van der Waals surface area contributed by atoms with Crippen molar-refractivity contribution >= 4 is 29.5 Å². The number of carboxylic acids is 1. The van der Waals surface area contributed by atoms with Crippen LogP contribution in [0.3, 0.4) is 0 Å². The van der Waals surface area contributed by atoms with Crippen molar-refractivity contribution in [1.82, 2.24) is 25.1 Å². The van der Waals surface area contributed by atoms with Gasteiger partial charge in [-0.1, -0.05) is 30.3 Å². The lowest BCUT2D eigenvalue weighted by atomic mass is 10.1. The predicted octanol–water partition coefficient (Wildman–Crippen LogP) is 3.09. The Bertz CT molecular complexity index is 890. The number of nitrogens with one attached hydrogen (secondary N) is 2. The van der Waals surface area contributed by atoms with E-state index in [1.54, 1.807) is 11.7 Å². The number of hydrogen-bond donors (Lipinski definition) is 3. The number of rotatable bonds is 9. The summed E-state index contributed by atoms with van der Waals surface area (Å²) in [4.78, 5) is 16.5. The first-order valence-corrected chi connectivity index (χ1v) is 9.48. The number of aromatic nitrogens is 4. The molecule has 0 amide bonds. The van der Waals surface area contributed by atoms with Crippen molar-refractivity contribution < 1.29 is 9.90 Å². The lowest BCUT2D eigenvalue weighted by molar-refractivity contribution is -0.139. The van der Waals surface area contributed by atoms with Crippen molar-refractivity contribution in [2.45, 2.75) is 32.0 Å². The SMILES string of the molecule is O=C(O)[C@H](CCCn1c(-c2ccccc2)n[nH]c1=S)NCc1cncs1. The standard InChI is InChI=1S/C17H19N5O2S2/c23-16(24)14(19-10-13-9-18-11-26-13)7-4-8-22-15(20-21-17(22)25)12-5-2-1-3-6-12/h1-3,5-6,9,11,14,19H,4,7-8,10H2,(H,21,25)(H,23,24)/t14-/m0/s1. The zero-order valence-electron chi connectivity index (χ0n) is 14.0. The molecule has 0 bridgehead atoms. The van der Waals surface area contributed by atoms with Crippen molar-refractivity contribution in [2.75, 3.05) is 0 Å². The third kappa shape index (κ3) is 4.63. The lowest BCUT2D eigenvalue weighted by Gasteiger charge is -2.14. The van der Waals surface area contributed by atoms with Gasteiger partial charge in [0, 0.05) is 29.7 Å². The normalized spacial score (nSPS) is 12.2. The van der Waals surface area contributed by atoms with Crippen LogP contribution in [0.4, 0.5) is 0 Å². The van der Waals surface area contributed by atoms with Crippen LogP contribution >= 0.6 is 23.6 Å². The second-order valence-electron chi connectivity index (χ2n) is 5.75. The number of carboxylic acid groups (broad SMARTS) is 1. The van der Waals surface area contributed by atoms with E-state index >= 15 is 0 Å². The summed E-state index contributed by atoms with van der Waals surface area (Å²) >= 11 is 6.82. The summed E-state index contributed by atoms with van der Waals surface area (Å²) in [6.07, 6.45) is 2.91. The van der Waals surface area contributed by atoms with Crippen molar-refractivity contribution in [3.8, 4) is 11.4 Å². The van der Waals surface area contributed by atoms with Crippen LogP contribution in [0.2, 0.25) is 0 Å². The molecule has 3 N–H and O–H groups in total. The van der Waals surface area contributed by atoms with Gasteiger partial charge in [0.2, 0.25) is 0 Å². The van der Waals surface area contributed by atoms with Crippen LogP contribution in [-0.4, -0.2) is 36.9 Å². The molecule has 0 fully saturated rings. The van der Waals surface area contributed by atoms with Crippen molar-refractivity contribution in [3.63, 3.8) is 0 Å². The lowest BCUT2D eigenvalue weighted by Crippen LogP contribution is -2.36. The minimum atomic E-state index is -0.853. The van der Waals surface area contributed by atoms with Gasteiger partial charge in [0.1, 0.15) is 6.04 Å². The van der Waals surface area contributed by atoms with E-state index in [1.165, 1.54) is 11.3 Å². The van der Waals surface area contributed by atoms with Crippen LogP contribution in [0.5, 0.6) is 0 Å². The van der Waals surface area contributed by atoms with E-state index < -0.39 is 12.0 Å². The monoisotopic (exact) mass is 389 g/mol. The highest BCUT2D eigenvalue weighted by molar-refractivity contribution is 7.71. The molecule has 0 spiro atoms. The summed E-state index contributed by atoms with van der Waals surface area (Å²) in [5.74, 6) is -0.0892. The van der Waals surface area contributed by atoms with Gasteiger partial charge < -0.3 is 9.67 Å². The zero-order valence-corrected chi connectivity index (χ0v) is 15.6. The van der Waals surface area contributed by atoms with Gasteiger partial charge in [0.25, 0.3) is 0 Å². The minimum Gasteiger partial charge on any atom is -0.480 e. The number of benzene rings is 1. The van der Waals surface area contributed by atoms with E-state index in [4.69, 9.17) is 12.2 Å². The summed E-state index contributed by atoms with van der Waals surface area (Å²) in [6, 6.07) is 9.17. The van der Waals surface area contributed by atoms with E-state index in [9.17, 15) is 9.90 Å². The quantitative estimate of drug-likeness (QED) is 0.487. The molecule has 3 rings (SSSR count). The molecule has 26 heavy (non-hydrogen) atoms. The Kier molecular flexibility index (Phi) is 6.26. The fourth-order valence-corrected chi connectivity index (χ4v) is 3.42. The molecule has 136 valence electrons. The van der Waals surface area contributed by atoms with Gasteiger partial charge in [0.15, 0.2) is 10.6 Å². The van der Waals surface area contributed by atoms with E-state index in [0.29, 0.717) is 30.7 Å². The molecule has 1 atom stereocenters. The van der Waals surface area contributed by atoms with E-state index in [2.05, 4.69) is 20.5 Å². The van der Waals surface area contributed by atoms with Gasteiger partial charge in [-0.25, -0.2) is 0 Å². The van der Waals surface area contributed by atoms with Crippen LogP contribution in [0.25, 0.3) is 11.4 Å². The van der Waals surface area contributed by atoms with Crippen LogP contribution < -0.4 is 5.32 Å². The molecule has 0 aliphatic rings. The maximum atomic E-state index is 11.5. The van der Waals surface area contributed by atoms with E-state index in [-0.39, 0.29) is 0 Å². The van der Waals surface area contributed by atoms with Crippen molar-refractivity contribution in [3.05, 3.63) is 51.7 Å². The van der Waals surface area contributed by atoms with E-state index in [0.717, 1.165) is 16.3 Å². The number of nitrogens with zero attached hydrogens (tertiary/aromatic N) is 3. The van der Waals surface area contributed by atoms with Crippen LogP contribution in [0, 0.1) is 4.77 Å². The average Bonchev–Trinajstić information content (AvgIpc) is 3.28. The van der Waals surface area contributed by atoms with Crippen molar-refractivity contribution in [2.24, 2.45) is 0 Å². The molecule has 7 nitrogen and oxygen atoms in total. The molecule has 2 aromatic heterocycles. The minimum absolute atomic E-state index is 0.495. The third-order valence-corrected chi connectivity index (χ3v) is 5.06. The molecule has 0 radical (unpaired) electrons. The smallest absolute Gasteiger partial charge is 0.320 e. The van der Waals surface area contributed by atoms with Crippen molar-refractivity contribution in [1.29, 1.82) is 0 Å². The molecule has 0 saturated carbocycles. The molecule has 1 aromatic carbocycles. The second kappa shape index (κ2) is 8.84. The highest BCUT2D eigenvalue weighted by atomic mass is 32.1. The highest BCUT2D eigenvalue weighted by Crippen LogP contribution is 2.17. The fraction of sp³-hybridized carbons (Fsp3) is 0.294. The average molecular weight is 390 g/mol. The molecule has 0 saturated heterocycles. The number of thiazole rings is 1. The number of hydrogen-bond acceptors (Lipinski definition) is 6. The Morgan fingerprint density at radius 3 is 2.88 bits per heavy atom. The first kappa shape index (κ1) is 18.4. The largest absolute Gasteiger partial charge is 0.480 e. The van der Waals surface area contributed by atoms with Gasteiger partial charge >= 0.3 is 5.97 Å². The fourth-order valence-electron chi connectivity index (χ4n) is 2.65. The summed E-state index contributed by atoms with van der Waals surface area (Å²) in [7, 11) is 0. The Labute approximate surface area is 159 Å². The summed E-state index contributed by atoms with van der Waals surface area (Å²) < 4.78 is 2.44. The van der Waals surface area contributed by atoms with Crippen LogP contribution in [0.15, 0.2) is 42.0 Å². The summed E-state index contributed by atoms with van der Waals surface area (Å²) in [5, 5.41) is 19.6. The van der Waals surface area contributed by atoms with Gasteiger partial charge in [-0.05, 0) is 25.1 Å². The molecule has 2 heterocycles. The molecular weight excluding hydrogens is 370 g/mol.